The molecule has 130 valence electrons. The zero-order chi connectivity index (χ0) is 18.1. The quantitative estimate of drug-likeness (QED) is 0.532. The molecule has 4 rings (SSSR count). The Labute approximate surface area is 155 Å². The number of aryl methyl sites for hydroxylation is 2. The largest absolute Gasteiger partial charge is 0.360 e. The molecule has 0 aliphatic rings. The Morgan fingerprint density at radius 1 is 1.12 bits per heavy atom. The molecule has 2 heterocycles. The van der Waals surface area contributed by atoms with Crippen LogP contribution in [0.1, 0.15) is 32.1 Å². The summed E-state index contributed by atoms with van der Waals surface area (Å²) >= 11 is 1.51. The fraction of sp³-hybridized carbons (Fsp3) is 0.143. The predicted molar refractivity (Wildman–Crippen MR) is 105 cm³/mol. The summed E-state index contributed by atoms with van der Waals surface area (Å²) in [6, 6.07) is 18.3. The maximum atomic E-state index is 12.9. The van der Waals surface area contributed by atoms with Crippen LogP contribution in [0.4, 0.5) is 5.82 Å². The van der Waals surface area contributed by atoms with Gasteiger partial charge in [-0.2, -0.15) is 0 Å². The van der Waals surface area contributed by atoms with E-state index in [0.717, 1.165) is 15.6 Å². The first-order valence-corrected chi connectivity index (χ1v) is 9.22. The number of amides is 1. The summed E-state index contributed by atoms with van der Waals surface area (Å²) < 4.78 is 6.14. The Morgan fingerprint density at radius 2 is 1.88 bits per heavy atom. The maximum Gasteiger partial charge on any atom is 0.267 e. The molecule has 5 heteroatoms. The number of carbonyl (C=O) groups is 1. The molecule has 0 aliphatic carbocycles. The van der Waals surface area contributed by atoms with Crippen LogP contribution in [0.3, 0.4) is 0 Å². The number of carbonyl (C=O) groups excluding carboxylic acids is 1. The van der Waals surface area contributed by atoms with Crippen LogP contribution in [0.2, 0.25) is 0 Å². The third-order valence-corrected chi connectivity index (χ3v) is 5.49. The van der Waals surface area contributed by atoms with Crippen LogP contribution < -0.4 is 5.32 Å². The molecule has 0 saturated carbocycles. The summed E-state index contributed by atoms with van der Waals surface area (Å²) in [5.74, 6) is 0.948. The molecule has 4 aromatic rings. The maximum absolute atomic E-state index is 12.9. The monoisotopic (exact) mass is 362 g/mol. The van der Waals surface area contributed by atoms with Crippen molar-refractivity contribution >= 4 is 33.1 Å². The van der Waals surface area contributed by atoms with Crippen molar-refractivity contribution in [2.24, 2.45) is 0 Å². The van der Waals surface area contributed by atoms with E-state index < -0.39 is 0 Å². The molecule has 0 bridgehead atoms. The smallest absolute Gasteiger partial charge is 0.267 e. The van der Waals surface area contributed by atoms with E-state index in [1.54, 1.807) is 13.0 Å². The van der Waals surface area contributed by atoms with Gasteiger partial charge in [0, 0.05) is 10.8 Å². The number of aromatic nitrogens is 1. The highest BCUT2D eigenvalue weighted by atomic mass is 32.1. The second kappa shape index (κ2) is 6.77. The lowest BCUT2D eigenvalue weighted by Gasteiger charge is -2.06. The number of rotatable bonds is 4. The standard InChI is InChI=1S/C21H18N2O2S/c1-13-7-9-15(10-8-13)12-17-16-5-3-4-6-18(16)26-20(17)21(24)22-19-11-14(2)25-23-19/h3-11H,12H2,1-2H3,(H,22,23,24). The first kappa shape index (κ1) is 16.5. The summed E-state index contributed by atoms with van der Waals surface area (Å²) in [5, 5.41) is 7.82. The van der Waals surface area contributed by atoms with Crippen molar-refractivity contribution in [3.05, 3.63) is 81.9 Å². The molecule has 1 amide bonds. The van der Waals surface area contributed by atoms with Crippen molar-refractivity contribution in [3.8, 4) is 0 Å². The molecule has 0 fully saturated rings. The first-order chi connectivity index (χ1) is 12.6. The van der Waals surface area contributed by atoms with E-state index in [4.69, 9.17) is 4.52 Å². The summed E-state index contributed by atoms with van der Waals surface area (Å²) in [5.41, 5.74) is 3.46. The fourth-order valence-electron chi connectivity index (χ4n) is 2.97. The molecule has 4 nitrogen and oxygen atoms in total. The van der Waals surface area contributed by atoms with E-state index in [1.165, 1.54) is 22.5 Å². The summed E-state index contributed by atoms with van der Waals surface area (Å²) in [6.45, 7) is 3.87. The number of nitrogens with zero attached hydrogens (tertiary/aromatic N) is 1. The minimum absolute atomic E-state index is 0.151. The number of hydrogen-bond acceptors (Lipinski definition) is 4. The SMILES string of the molecule is Cc1ccc(Cc2c(C(=O)Nc3cc(C)on3)sc3ccccc23)cc1. The summed E-state index contributed by atoms with van der Waals surface area (Å²) in [4.78, 5) is 13.6. The predicted octanol–water partition coefficient (Wildman–Crippen LogP) is 5.35. The van der Waals surface area contributed by atoms with Gasteiger partial charge >= 0.3 is 0 Å². The van der Waals surface area contributed by atoms with Crippen LogP contribution in [0, 0.1) is 13.8 Å². The fourth-order valence-corrected chi connectivity index (χ4v) is 4.08. The number of thiophene rings is 1. The Hall–Kier alpha value is -2.92. The van der Waals surface area contributed by atoms with E-state index in [1.807, 2.05) is 12.1 Å². The zero-order valence-electron chi connectivity index (χ0n) is 14.6. The van der Waals surface area contributed by atoms with Gasteiger partial charge in [-0.15, -0.1) is 11.3 Å². The Morgan fingerprint density at radius 3 is 2.62 bits per heavy atom. The van der Waals surface area contributed by atoms with Crippen molar-refractivity contribution in [1.29, 1.82) is 0 Å². The molecular weight excluding hydrogens is 344 g/mol. The van der Waals surface area contributed by atoms with Gasteiger partial charge < -0.3 is 9.84 Å². The van der Waals surface area contributed by atoms with E-state index in [2.05, 4.69) is 53.8 Å². The number of benzene rings is 2. The van der Waals surface area contributed by atoms with Gasteiger partial charge in [0.05, 0.1) is 4.88 Å². The summed E-state index contributed by atoms with van der Waals surface area (Å²) in [7, 11) is 0. The molecule has 2 aromatic heterocycles. The van der Waals surface area contributed by atoms with Crippen LogP contribution in [0.5, 0.6) is 0 Å². The van der Waals surface area contributed by atoms with Crippen LogP contribution in [0.25, 0.3) is 10.1 Å². The molecule has 0 atom stereocenters. The van der Waals surface area contributed by atoms with Gasteiger partial charge in [-0.25, -0.2) is 0 Å². The van der Waals surface area contributed by atoms with Crippen LogP contribution in [0.15, 0.2) is 59.1 Å². The molecular formula is C21H18N2O2S. The van der Waals surface area contributed by atoms with E-state index in [0.29, 0.717) is 22.9 Å². The molecule has 0 saturated heterocycles. The van der Waals surface area contributed by atoms with Crippen molar-refractivity contribution < 1.29 is 9.32 Å². The lowest BCUT2D eigenvalue weighted by atomic mass is 10.0. The molecule has 1 N–H and O–H groups in total. The average molecular weight is 362 g/mol. The van der Waals surface area contributed by atoms with Crippen LogP contribution in [-0.2, 0) is 6.42 Å². The van der Waals surface area contributed by atoms with Crippen LogP contribution in [-0.4, -0.2) is 11.1 Å². The van der Waals surface area contributed by atoms with Gasteiger partial charge in [-0.3, -0.25) is 4.79 Å². The molecule has 2 aromatic carbocycles. The highest BCUT2D eigenvalue weighted by molar-refractivity contribution is 7.21. The minimum Gasteiger partial charge on any atom is -0.360 e. The zero-order valence-corrected chi connectivity index (χ0v) is 15.4. The molecule has 0 spiro atoms. The summed E-state index contributed by atoms with van der Waals surface area (Å²) in [6.07, 6.45) is 0.713. The number of fused-ring (bicyclic) bond motifs is 1. The van der Waals surface area contributed by atoms with E-state index >= 15 is 0 Å². The Kier molecular flexibility index (Phi) is 4.31. The third-order valence-electron chi connectivity index (χ3n) is 4.28. The van der Waals surface area contributed by atoms with Crippen molar-refractivity contribution in [1.82, 2.24) is 5.16 Å². The van der Waals surface area contributed by atoms with E-state index in [-0.39, 0.29) is 5.91 Å². The van der Waals surface area contributed by atoms with Gasteiger partial charge in [0.2, 0.25) is 0 Å². The van der Waals surface area contributed by atoms with Gasteiger partial charge in [-0.1, -0.05) is 53.2 Å². The topological polar surface area (TPSA) is 55.1 Å². The molecule has 26 heavy (non-hydrogen) atoms. The highest BCUT2D eigenvalue weighted by Gasteiger charge is 2.19. The third kappa shape index (κ3) is 3.26. The van der Waals surface area contributed by atoms with Crippen LogP contribution >= 0.6 is 11.3 Å². The molecule has 0 aliphatic heterocycles. The minimum atomic E-state index is -0.151. The average Bonchev–Trinajstić information content (AvgIpc) is 3.21. The number of anilines is 1. The molecule has 0 unspecified atom stereocenters. The lowest BCUT2D eigenvalue weighted by Crippen LogP contribution is -2.12. The second-order valence-corrected chi connectivity index (χ2v) is 7.40. The van der Waals surface area contributed by atoms with Crippen molar-refractivity contribution in [3.63, 3.8) is 0 Å². The lowest BCUT2D eigenvalue weighted by molar-refractivity contribution is 0.102. The normalized spacial score (nSPS) is 11.0. The second-order valence-electron chi connectivity index (χ2n) is 6.35. The van der Waals surface area contributed by atoms with Crippen molar-refractivity contribution in [2.75, 3.05) is 5.32 Å². The van der Waals surface area contributed by atoms with Gasteiger partial charge in [-0.05, 0) is 42.8 Å². The Bertz CT molecular complexity index is 1080. The number of nitrogens with one attached hydrogen (secondary N) is 1. The Balaban J connectivity index is 1.73. The van der Waals surface area contributed by atoms with Gasteiger partial charge in [0.1, 0.15) is 5.76 Å². The number of hydrogen-bond donors (Lipinski definition) is 1. The van der Waals surface area contributed by atoms with Gasteiger partial charge in [0.25, 0.3) is 5.91 Å². The first-order valence-electron chi connectivity index (χ1n) is 8.41. The van der Waals surface area contributed by atoms with Gasteiger partial charge in [0.15, 0.2) is 5.82 Å². The highest BCUT2D eigenvalue weighted by Crippen LogP contribution is 2.33. The molecule has 0 radical (unpaired) electrons. The van der Waals surface area contributed by atoms with E-state index in [9.17, 15) is 4.79 Å². The van der Waals surface area contributed by atoms with Crippen molar-refractivity contribution in [2.45, 2.75) is 20.3 Å².